The van der Waals surface area contributed by atoms with Gasteiger partial charge < -0.3 is 15.8 Å². The Morgan fingerprint density at radius 2 is 1.85 bits per heavy atom. The van der Waals surface area contributed by atoms with Crippen LogP contribution in [0.1, 0.15) is 17.2 Å². The first-order valence-electron chi connectivity index (χ1n) is 6.21. The van der Waals surface area contributed by atoms with Crippen LogP contribution in [0.5, 0.6) is 5.75 Å². The molecule has 3 N–H and O–H groups in total. The van der Waals surface area contributed by atoms with E-state index in [1.165, 1.54) is 12.1 Å². The monoisotopic (exact) mass is 272 g/mol. The zero-order valence-corrected chi connectivity index (χ0v) is 10.6. The van der Waals surface area contributed by atoms with Gasteiger partial charge in [0.05, 0.1) is 11.7 Å². The van der Waals surface area contributed by atoms with Crippen molar-refractivity contribution in [2.45, 2.75) is 6.04 Å². The lowest BCUT2D eigenvalue weighted by Gasteiger charge is -2.20. The van der Waals surface area contributed by atoms with Gasteiger partial charge in [-0.05, 0) is 35.4 Å². The fourth-order valence-corrected chi connectivity index (χ4v) is 2.16. The van der Waals surface area contributed by atoms with Gasteiger partial charge >= 0.3 is 0 Å². The van der Waals surface area contributed by atoms with Crippen molar-refractivity contribution in [1.82, 2.24) is 0 Å². The number of benzene rings is 2. The van der Waals surface area contributed by atoms with Gasteiger partial charge in [-0.25, -0.2) is 4.39 Å². The summed E-state index contributed by atoms with van der Waals surface area (Å²) in [6, 6.07) is 11.0. The highest BCUT2D eigenvalue weighted by molar-refractivity contribution is 5.95. The van der Waals surface area contributed by atoms with E-state index in [0.29, 0.717) is 11.4 Å². The van der Waals surface area contributed by atoms with Crippen molar-refractivity contribution in [1.29, 1.82) is 0 Å². The quantitative estimate of drug-likeness (QED) is 0.881. The van der Waals surface area contributed by atoms with Crippen LogP contribution in [0.15, 0.2) is 42.5 Å². The Morgan fingerprint density at radius 3 is 2.60 bits per heavy atom. The third-order valence-corrected chi connectivity index (χ3v) is 3.22. The van der Waals surface area contributed by atoms with E-state index in [-0.39, 0.29) is 24.4 Å². The van der Waals surface area contributed by atoms with E-state index >= 15 is 0 Å². The average Bonchev–Trinajstić information content (AvgIpc) is 2.46. The number of rotatable bonds is 2. The fraction of sp³-hybridized carbons (Fsp3) is 0.133. The molecule has 2 aromatic carbocycles. The van der Waals surface area contributed by atoms with E-state index in [0.717, 1.165) is 11.1 Å². The van der Waals surface area contributed by atoms with E-state index in [1.54, 1.807) is 24.3 Å². The van der Waals surface area contributed by atoms with Crippen LogP contribution in [0.2, 0.25) is 0 Å². The first kappa shape index (κ1) is 12.6. The molecule has 20 heavy (non-hydrogen) atoms. The molecule has 3 rings (SSSR count). The minimum Gasteiger partial charge on any atom is -0.482 e. The standard InChI is InChI=1S/C15H13FN2O2/c16-11-4-1-9(2-5-11)15(17)10-3-6-13-12(7-10)18-14(19)8-20-13/h1-7,15H,8,17H2,(H,18,19). The summed E-state index contributed by atoms with van der Waals surface area (Å²) in [6.45, 7) is 0.0242. The van der Waals surface area contributed by atoms with E-state index < -0.39 is 0 Å². The summed E-state index contributed by atoms with van der Waals surface area (Å²) in [7, 11) is 0. The molecule has 1 heterocycles. The van der Waals surface area contributed by atoms with Gasteiger partial charge in [-0.1, -0.05) is 18.2 Å². The predicted octanol–water partition coefficient (Wildman–Crippen LogP) is 2.20. The number of nitrogens with two attached hydrogens (primary N) is 1. The summed E-state index contributed by atoms with van der Waals surface area (Å²) in [5, 5.41) is 2.74. The van der Waals surface area contributed by atoms with Crippen LogP contribution in [0.3, 0.4) is 0 Å². The summed E-state index contributed by atoms with van der Waals surface area (Å²) >= 11 is 0. The maximum absolute atomic E-state index is 12.9. The lowest BCUT2D eigenvalue weighted by Crippen LogP contribution is -2.25. The lowest BCUT2D eigenvalue weighted by molar-refractivity contribution is -0.118. The molecule has 0 fully saturated rings. The van der Waals surface area contributed by atoms with Crippen molar-refractivity contribution in [3.8, 4) is 5.75 Å². The lowest BCUT2D eigenvalue weighted by atomic mass is 9.98. The highest BCUT2D eigenvalue weighted by Crippen LogP contribution is 2.31. The molecule has 2 aromatic rings. The molecular formula is C15H13FN2O2. The van der Waals surface area contributed by atoms with E-state index in [1.807, 2.05) is 6.07 Å². The molecule has 1 aliphatic heterocycles. The Bertz CT molecular complexity index is 655. The second-order valence-corrected chi connectivity index (χ2v) is 4.62. The third kappa shape index (κ3) is 2.35. The van der Waals surface area contributed by atoms with Crippen LogP contribution >= 0.6 is 0 Å². The van der Waals surface area contributed by atoms with Crippen LogP contribution in [-0.2, 0) is 4.79 Å². The Labute approximate surface area is 115 Å². The predicted molar refractivity (Wildman–Crippen MR) is 73.0 cm³/mol. The van der Waals surface area contributed by atoms with Crippen molar-refractivity contribution in [2.75, 3.05) is 11.9 Å². The van der Waals surface area contributed by atoms with Crippen LogP contribution < -0.4 is 15.8 Å². The Balaban J connectivity index is 1.92. The molecule has 0 saturated carbocycles. The number of fused-ring (bicyclic) bond motifs is 1. The van der Waals surface area contributed by atoms with Gasteiger partial charge in [0.25, 0.3) is 5.91 Å². The van der Waals surface area contributed by atoms with Crippen LogP contribution in [-0.4, -0.2) is 12.5 Å². The van der Waals surface area contributed by atoms with Crippen LogP contribution in [0, 0.1) is 5.82 Å². The molecule has 1 aliphatic rings. The maximum Gasteiger partial charge on any atom is 0.262 e. The van der Waals surface area contributed by atoms with Crippen molar-refractivity contribution in [3.63, 3.8) is 0 Å². The van der Waals surface area contributed by atoms with Crippen molar-refractivity contribution >= 4 is 11.6 Å². The summed E-state index contributed by atoms with van der Waals surface area (Å²) < 4.78 is 18.2. The molecular weight excluding hydrogens is 259 g/mol. The smallest absolute Gasteiger partial charge is 0.262 e. The second kappa shape index (κ2) is 4.94. The number of carbonyl (C=O) groups is 1. The molecule has 4 nitrogen and oxygen atoms in total. The SMILES string of the molecule is NC(c1ccc(F)cc1)c1ccc2c(c1)NC(=O)CO2. The first-order chi connectivity index (χ1) is 9.63. The zero-order chi connectivity index (χ0) is 14.1. The summed E-state index contributed by atoms with van der Waals surface area (Å²) in [5.74, 6) is 0.136. The zero-order valence-electron chi connectivity index (χ0n) is 10.6. The molecule has 0 bridgehead atoms. The number of hydrogen-bond acceptors (Lipinski definition) is 3. The molecule has 102 valence electrons. The number of carbonyl (C=O) groups excluding carboxylic acids is 1. The third-order valence-electron chi connectivity index (χ3n) is 3.22. The molecule has 0 radical (unpaired) electrons. The van der Waals surface area contributed by atoms with E-state index in [2.05, 4.69) is 5.32 Å². The van der Waals surface area contributed by atoms with E-state index in [4.69, 9.17) is 10.5 Å². The molecule has 0 aromatic heterocycles. The Morgan fingerprint density at radius 1 is 1.15 bits per heavy atom. The Kier molecular flexibility index (Phi) is 3.12. The minimum absolute atomic E-state index is 0.0242. The molecule has 0 spiro atoms. The van der Waals surface area contributed by atoms with Gasteiger partial charge in [0, 0.05) is 0 Å². The van der Waals surface area contributed by atoms with Crippen LogP contribution in [0.4, 0.5) is 10.1 Å². The second-order valence-electron chi connectivity index (χ2n) is 4.62. The van der Waals surface area contributed by atoms with Gasteiger partial charge in [-0.15, -0.1) is 0 Å². The summed E-state index contributed by atoms with van der Waals surface area (Å²) in [5.41, 5.74) is 8.39. The highest BCUT2D eigenvalue weighted by atomic mass is 19.1. The van der Waals surface area contributed by atoms with Crippen molar-refractivity contribution < 1.29 is 13.9 Å². The topological polar surface area (TPSA) is 64.3 Å². The molecule has 1 unspecified atom stereocenters. The highest BCUT2D eigenvalue weighted by Gasteiger charge is 2.18. The van der Waals surface area contributed by atoms with Gasteiger partial charge in [0.2, 0.25) is 0 Å². The number of ether oxygens (including phenoxy) is 1. The summed E-state index contributed by atoms with van der Waals surface area (Å²) in [4.78, 5) is 11.3. The molecule has 5 heteroatoms. The van der Waals surface area contributed by atoms with Gasteiger partial charge in [0.1, 0.15) is 11.6 Å². The number of halogens is 1. The molecule has 0 aliphatic carbocycles. The summed E-state index contributed by atoms with van der Waals surface area (Å²) in [6.07, 6.45) is 0. The molecule has 1 atom stereocenters. The molecule has 0 saturated heterocycles. The normalized spacial score (nSPS) is 15.0. The first-order valence-corrected chi connectivity index (χ1v) is 6.21. The minimum atomic E-state index is -0.389. The Hall–Kier alpha value is -2.40. The number of hydrogen-bond donors (Lipinski definition) is 2. The van der Waals surface area contributed by atoms with Gasteiger partial charge in [-0.3, -0.25) is 4.79 Å². The van der Waals surface area contributed by atoms with Gasteiger partial charge in [0.15, 0.2) is 6.61 Å². The van der Waals surface area contributed by atoms with E-state index in [9.17, 15) is 9.18 Å². The van der Waals surface area contributed by atoms with Crippen molar-refractivity contribution in [2.24, 2.45) is 5.73 Å². The van der Waals surface area contributed by atoms with Crippen LogP contribution in [0.25, 0.3) is 0 Å². The fourth-order valence-electron chi connectivity index (χ4n) is 2.16. The number of nitrogens with one attached hydrogen (secondary N) is 1. The average molecular weight is 272 g/mol. The molecule has 1 amide bonds. The van der Waals surface area contributed by atoms with Gasteiger partial charge in [-0.2, -0.15) is 0 Å². The number of amides is 1. The van der Waals surface area contributed by atoms with Crippen molar-refractivity contribution in [3.05, 3.63) is 59.4 Å². The largest absolute Gasteiger partial charge is 0.482 e. The number of anilines is 1. The maximum atomic E-state index is 12.9.